The van der Waals surface area contributed by atoms with Gasteiger partial charge >= 0.3 is 0 Å². The van der Waals surface area contributed by atoms with Crippen molar-refractivity contribution < 1.29 is 23.1 Å². The molecule has 1 N–H and O–H groups in total. The lowest BCUT2D eigenvalue weighted by Crippen LogP contribution is -2.46. The van der Waals surface area contributed by atoms with E-state index in [1.54, 1.807) is 11.0 Å². The van der Waals surface area contributed by atoms with Gasteiger partial charge in [-0.2, -0.15) is 0 Å². The lowest BCUT2D eigenvalue weighted by atomic mass is 10.0. The topological polar surface area (TPSA) is 71.8 Å². The molecule has 6 nitrogen and oxygen atoms in total. The highest BCUT2D eigenvalue weighted by Gasteiger charge is 2.26. The first-order chi connectivity index (χ1) is 12.1. The third kappa shape index (κ3) is 3.81. The van der Waals surface area contributed by atoms with Gasteiger partial charge in [0, 0.05) is 19.1 Å². The second kappa shape index (κ2) is 7.38. The van der Waals surface area contributed by atoms with Crippen LogP contribution in [-0.4, -0.2) is 43.0 Å². The fourth-order valence-corrected chi connectivity index (χ4v) is 2.92. The fourth-order valence-electron chi connectivity index (χ4n) is 2.92. The van der Waals surface area contributed by atoms with Gasteiger partial charge in [-0.15, -0.1) is 0 Å². The van der Waals surface area contributed by atoms with Crippen LogP contribution in [0.4, 0.5) is 4.39 Å². The molecule has 0 spiro atoms. The Morgan fingerprint density at radius 1 is 1.28 bits per heavy atom. The molecule has 7 heteroatoms. The number of piperidine rings is 1. The van der Waals surface area contributed by atoms with E-state index >= 15 is 0 Å². The first-order valence-corrected chi connectivity index (χ1v) is 8.04. The van der Waals surface area contributed by atoms with E-state index in [4.69, 9.17) is 9.15 Å². The average molecular weight is 346 g/mol. The molecule has 0 unspecified atom stereocenters. The van der Waals surface area contributed by atoms with Gasteiger partial charge in [-0.05, 0) is 37.1 Å². The van der Waals surface area contributed by atoms with Crippen LogP contribution in [0.5, 0.6) is 5.75 Å². The van der Waals surface area contributed by atoms with Crippen LogP contribution in [0.1, 0.15) is 33.6 Å². The number of hydrogen-bond acceptors (Lipinski definition) is 4. The van der Waals surface area contributed by atoms with Crippen molar-refractivity contribution in [1.29, 1.82) is 0 Å². The normalized spacial score (nSPS) is 15.0. The molecule has 2 aromatic rings. The van der Waals surface area contributed by atoms with Crippen molar-refractivity contribution in [2.45, 2.75) is 18.9 Å². The average Bonchev–Trinajstić information content (AvgIpc) is 3.16. The first kappa shape index (κ1) is 17.0. The van der Waals surface area contributed by atoms with Gasteiger partial charge in [0.05, 0.1) is 24.5 Å². The Balaban J connectivity index is 1.58. The molecule has 0 radical (unpaired) electrons. The van der Waals surface area contributed by atoms with E-state index in [0.29, 0.717) is 37.2 Å². The van der Waals surface area contributed by atoms with Gasteiger partial charge in [0.2, 0.25) is 0 Å². The zero-order valence-corrected chi connectivity index (χ0v) is 13.8. The SMILES string of the molecule is COc1ccc(F)cc1C(=O)NC1CCN(C(=O)c2ccoc2)CC1. The van der Waals surface area contributed by atoms with Gasteiger partial charge in [0.25, 0.3) is 11.8 Å². The summed E-state index contributed by atoms with van der Waals surface area (Å²) in [6.45, 7) is 1.07. The van der Waals surface area contributed by atoms with Gasteiger partial charge in [-0.1, -0.05) is 0 Å². The van der Waals surface area contributed by atoms with Gasteiger partial charge in [0.1, 0.15) is 17.8 Å². The van der Waals surface area contributed by atoms with Crippen LogP contribution in [0, 0.1) is 5.82 Å². The third-order valence-corrected chi connectivity index (χ3v) is 4.29. The lowest BCUT2D eigenvalue weighted by Gasteiger charge is -2.32. The molecule has 0 aliphatic carbocycles. The minimum absolute atomic E-state index is 0.0751. The summed E-state index contributed by atoms with van der Waals surface area (Å²) in [7, 11) is 1.43. The van der Waals surface area contributed by atoms with Crippen molar-refractivity contribution in [3.63, 3.8) is 0 Å². The Morgan fingerprint density at radius 2 is 2.04 bits per heavy atom. The minimum Gasteiger partial charge on any atom is -0.496 e. The van der Waals surface area contributed by atoms with E-state index in [1.165, 1.54) is 31.8 Å². The predicted molar refractivity (Wildman–Crippen MR) is 88.1 cm³/mol. The highest BCUT2D eigenvalue weighted by atomic mass is 19.1. The number of furan rings is 1. The Bertz CT molecular complexity index is 752. The van der Waals surface area contributed by atoms with E-state index in [1.807, 2.05) is 0 Å². The quantitative estimate of drug-likeness (QED) is 0.923. The number of likely N-dealkylation sites (tertiary alicyclic amines) is 1. The van der Waals surface area contributed by atoms with Crippen LogP contribution < -0.4 is 10.1 Å². The number of benzene rings is 1. The minimum atomic E-state index is -0.494. The molecule has 132 valence electrons. The number of nitrogens with zero attached hydrogens (tertiary/aromatic N) is 1. The molecular formula is C18H19FN2O4. The molecule has 0 bridgehead atoms. The number of halogens is 1. The van der Waals surface area contributed by atoms with Crippen LogP contribution in [0.25, 0.3) is 0 Å². The lowest BCUT2D eigenvalue weighted by molar-refractivity contribution is 0.0697. The maximum absolute atomic E-state index is 13.4. The Morgan fingerprint density at radius 3 is 2.68 bits per heavy atom. The van der Waals surface area contributed by atoms with Gasteiger partial charge in [-0.3, -0.25) is 9.59 Å². The van der Waals surface area contributed by atoms with Crippen LogP contribution in [0.15, 0.2) is 41.2 Å². The largest absolute Gasteiger partial charge is 0.496 e. The second-order valence-electron chi connectivity index (χ2n) is 5.90. The number of carbonyl (C=O) groups is 2. The molecule has 1 aliphatic rings. The van der Waals surface area contributed by atoms with Crippen LogP contribution in [0.2, 0.25) is 0 Å². The summed E-state index contributed by atoms with van der Waals surface area (Å²) in [5.74, 6) is -0.626. The number of carbonyl (C=O) groups excluding carboxylic acids is 2. The maximum Gasteiger partial charge on any atom is 0.257 e. The van der Waals surface area contributed by atoms with Crippen molar-refractivity contribution in [3.8, 4) is 5.75 Å². The number of amides is 2. The molecule has 0 atom stereocenters. The summed E-state index contributed by atoms with van der Waals surface area (Å²) in [5, 5.41) is 2.89. The summed E-state index contributed by atoms with van der Waals surface area (Å²) in [6.07, 6.45) is 4.15. The summed E-state index contributed by atoms with van der Waals surface area (Å²) in [6, 6.07) is 5.39. The third-order valence-electron chi connectivity index (χ3n) is 4.29. The highest BCUT2D eigenvalue weighted by molar-refractivity contribution is 5.97. The molecule has 1 saturated heterocycles. The Kier molecular flexibility index (Phi) is 5.02. The Hall–Kier alpha value is -2.83. The zero-order valence-electron chi connectivity index (χ0n) is 13.8. The van der Waals surface area contributed by atoms with E-state index in [2.05, 4.69) is 5.32 Å². The van der Waals surface area contributed by atoms with Crippen molar-refractivity contribution >= 4 is 11.8 Å². The van der Waals surface area contributed by atoms with E-state index in [0.717, 1.165) is 6.07 Å². The van der Waals surface area contributed by atoms with Crippen molar-refractivity contribution in [2.24, 2.45) is 0 Å². The van der Waals surface area contributed by atoms with Gasteiger partial charge in [0.15, 0.2) is 0 Å². The summed E-state index contributed by atoms with van der Waals surface area (Å²) >= 11 is 0. The molecule has 2 heterocycles. The molecule has 1 aliphatic heterocycles. The summed E-state index contributed by atoms with van der Waals surface area (Å²) < 4.78 is 23.5. The van der Waals surface area contributed by atoms with Gasteiger partial charge < -0.3 is 19.4 Å². The van der Waals surface area contributed by atoms with Crippen LogP contribution in [-0.2, 0) is 0 Å². The molecule has 1 aromatic heterocycles. The van der Waals surface area contributed by atoms with E-state index < -0.39 is 5.82 Å². The first-order valence-electron chi connectivity index (χ1n) is 8.04. The molecule has 25 heavy (non-hydrogen) atoms. The van der Waals surface area contributed by atoms with Crippen molar-refractivity contribution in [2.75, 3.05) is 20.2 Å². The standard InChI is InChI=1S/C18H19FN2O4/c1-24-16-3-2-13(19)10-15(16)17(22)20-14-4-7-21(8-5-14)18(23)12-6-9-25-11-12/h2-3,6,9-11,14H,4-5,7-8H2,1H3,(H,20,22). The zero-order chi connectivity index (χ0) is 17.8. The molecule has 0 saturated carbocycles. The maximum atomic E-state index is 13.4. The predicted octanol–water partition coefficient (Wildman–Crippen LogP) is 2.46. The number of hydrogen-bond donors (Lipinski definition) is 1. The van der Waals surface area contributed by atoms with Crippen molar-refractivity contribution in [3.05, 3.63) is 53.7 Å². The van der Waals surface area contributed by atoms with Gasteiger partial charge in [-0.25, -0.2) is 4.39 Å². The number of ether oxygens (including phenoxy) is 1. The number of rotatable bonds is 4. The second-order valence-corrected chi connectivity index (χ2v) is 5.90. The monoisotopic (exact) mass is 346 g/mol. The molecule has 3 rings (SSSR count). The van der Waals surface area contributed by atoms with E-state index in [-0.39, 0.29) is 23.4 Å². The Labute approximate surface area is 144 Å². The van der Waals surface area contributed by atoms with Crippen LogP contribution in [0.3, 0.4) is 0 Å². The molecule has 1 aromatic carbocycles. The van der Waals surface area contributed by atoms with Crippen LogP contribution >= 0.6 is 0 Å². The van der Waals surface area contributed by atoms with E-state index in [9.17, 15) is 14.0 Å². The smallest absolute Gasteiger partial charge is 0.257 e. The summed E-state index contributed by atoms with van der Waals surface area (Å²) in [5.41, 5.74) is 0.686. The number of methoxy groups -OCH3 is 1. The fraction of sp³-hybridized carbons (Fsp3) is 0.333. The number of nitrogens with one attached hydrogen (secondary N) is 1. The summed E-state index contributed by atoms with van der Waals surface area (Å²) in [4.78, 5) is 26.4. The van der Waals surface area contributed by atoms with Crippen molar-refractivity contribution in [1.82, 2.24) is 10.2 Å². The molecule has 2 amide bonds. The molecular weight excluding hydrogens is 327 g/mol. The highest BCUT2D eigenvalue weighted by Crippen LogP contribution is 2.20. The molecule has 1 fully saturated rings.